The predicted molar refractivity (Wildman–Crippen MR) is 77.7 cm³/mol. The molecule has 0 saturated heterocycles. The number of nitrogens with one attached hydrogen (secondary N) is 1. The van der Waals surface area contributed by atoms with E-state index in [4.69, 9.17) is 0 Å². The minimum atomic E-state index is 1.06. The van der Waals surface area contributed by atoms with Gasteiger partial charge in [0.1, 0.15) is 0 Å². The molecule has 0 saturated carbocycles. The van der Waals surface area contributed by atoms with E-state index in [1.165, 1.54) is 24.1 Å². The van der Waals surface area contributed by atoms with Crippen LogP contribution in [0.1, 0.15) is 24.5 Å². The van der Waals surface area contributed by atoms with E-state index >= 15 is 0 Å². The molecular weight excluding hydrogens is 220 g/mol. The molecule has 0 spiro atoms. The first-order valence-corrected chi connectivity index (χ1v) is 7.04. The van der Waals surface area contributed by atoms with Crippen molar-refractivity contribution < 1.29 is 0 Å². The van der Waals surface area contributed by atoms with Gasteiger partial charge in [-0.25, -0.2) is 0 Å². The fourth-order valence-electron chi connectivity index (χ4n) is 2.31. The highest BCUT2D eigenvalue weighted by Gasteiger charge is 2.06. The summed E-state index contributed by atoms with van der Waals surface area (Å²) in [4.78, 5) is 2.49. The molecule has 0 unspecified atom stereocenters. The number of hydrogen-bond donors (Lipinski definition) is 1. The average Bonchev–Trinajstić information content (AvgIpc) is 2.42. The van der Waals surface area contributed by atoms with Crippen molar-refractivity contribution in [3.05, 3.63) is 47.5 Å². The van der Waals surface area contributed by atoms with E-state index in [2.05, 4.69) is 53.6 Å². The lowest BCUT2D eigenvalue weighted by Crippen LogP contribution is -2.26. The van der Waals surface area contributed by atoms with Crippen LogP contribution in [0.2, 0.25) is 0 Å². The monoisotopic (exact) mass is 244 g/mol. The summed E-state index contributed by atoms with van der Waals surface area (Å²) < 4.78 is 0. The van der Waals surface area contributed by atoms with Crippen molar-refractivity contribution in [2.24, 2.45) is 0 Å². The molecule has 2 nitrogen and oxygen atoms in total. The van der Waals surface area contributed by atoms with Crippen molar-refractivity contribution in [3.8, 4) is 0 Å². The Morgan fingerprint density at radius 1 is 1.11 bits per heavy atom. The maximum atomic E-state index is 3.36. The Bertz CT molecular complexity index is 367. The molecule has 0 aromatic heterocycles. The molecule has 1 aromatic carbocycles. The minimum Gasteiger partial charge on any atom is -0.317 e. The summed E-state index contributed by atoms with van der Waals surface area (Å²) >= 11 is 0. The topological polar surface area (TPSA) is 15.3 Å². The van der Waals surface area contributed by atoms with Crippen molar-refractivity contribution in [3.63, 3.8) is 0 Å². The summed E-state index contributed by atoms with van der Waals surface area (Å²) in [6.07, 6.45) is 6.87. The molecule has 0 amide bonds. The van der Waals surface area contributed by atoms with Crippen molar-refractivity contribution in [2.75, 3.05) is 26.2 Å². The molecule has 18 heavy (non-hydrogen) atoms. The third kappa shape index (κ3) is 4.28. The zero-order valence-corrected chi connectivity index (χ0v) is 11.4. The van der Waals surface area contributed by atoms with Gasteiger partial charge < -0.3 is 5.32 Å². The Labute approximate surface area is 111 Å². The SMILES string of the molecule is CCNCCc1ccc(CN2CC=CCC2)cc1. The Kier molecular flexibility index (Phi) is 5.43. The molecule has 0 aliphatic carbocycles. The smallest absolute Gasteiger partial charge is 0.0237 e. The largest absolute Gasteiger partial charge is 0.317 e. The van der Waals surface area contributed by atoms with Gasteiger partial charge in [0, 0.05) is 19.6 Å². The number of rotatable bonds is 6. The fourth-order valence-corrected chi connectivity index (χ4v) is 2.31. The van der Waals surface area contributed by atoms with E-state index in [-0.39, 0.29) is 0 Å². The Morgan fingerprint density at radius 3 is 2.56 bits per heavy atom. The maximum absolute atomic E-state index is 3.36. The van der Waals surface area contributed by atoms with Gasteiger partial charge in [0.05, 0.1) is 0 Å². The second-order valence-electron chi connectivity index (χ2n) is 4.92. The Hall–Kier alpha value is -1.12. The van der Waals surface area contributed by atoms with E-state index in [0.717, 1.165) is 32.6 Å². The van der Waals surface area contributed by atoms with E-state index < -0.39 is 0 Å². The highest BCUT2D eigenvalue weighted by Crippen LogP contribution is 2.10. The summed E-state index contributed by atoms with van der Waals surface area (Å²) in [6, 6.07) is 9.10. The number of hydrogen-bond acceptors (Lipinski definition) is 2. The van der Waals surface area contributed by atoms with Crippen LogP contribution in [0, 0.1) is 0 Å². The first kappa shape index (κ1) is 13.3. The standard InChI is InChI=1S/C16H24N2/c1-2-17-11-10-15-6-8-16(9-7-15)14-18-12-4-3-5-13-18/h3-4,6-9,17H,2,5,10-14H2,1H3. The average molecular weight is 244 g/mol. The van der Waals surface area contributed by atoms with Gasteiger partial charge in [-0.3, -0.25) is 4.90 Å². The zero-order valence-electron chi connectivity index (χ0n) is 11.4. The molecule has 2 rings (SSSR count). The van der Waals surface area contributed by atoms with Crippen molar-refractivity contribution in [2.45, 2.75) is 26.3 Å². The second kappa shape index (κ2) is 7.34. The quantitative estimate of drug-likeness (QED) is 0.611. The normalized spacial score (nSPS) is 16.1. The van der Waals surface area contributed by atoms with Crippen molar-refractivity contribution in [1.82, 2.24) is 10.2 Å². The van der Waals surface area contributed by atoms with E-state index in [1.807, 2.05) is 0 Å². The van der Waals surface area contributed by atoms with Gasteiger partial charge in [0.2, 0.25) is 0 Å². The summed E-state index contributed by atoms with van der Waals surface area (Å²) in [5, 5.41) is 3.36. The van der Waals surface area contributed by atoms with Crippen LogP contribution in [-0.4, -0.2) is 31.1 Å². The van der Waals surface area contributed by atoms with Gasteiger partial charge in [-0.15, -0.1) is 0 Å². The molecule has 0 fully saturated rings. The van der Waals surface area contributed by atoms with Gasteiger partial charge in [-0.2, -0.15) is 0 Å². The van der Waals surface area contributed by atoms with Gasteiger partial charge in [0.15, 0.2) is 0 Å². The maximum Gasteiger partial charge on any atom is 0.0237 e. The predicted octanol–water partition coefficient (Wildman–Crippen LogP) is 2.60. The number of benzene rings is 1. The van der Waals surface area contributed by atoms with Crippen molar-refractivity contribution in [1.29, 1.82) is 0 Å². The van der Waals surface area contributed by atoms with Crippen LogP contribution >= 0.6 is 0 Å². The Morgan fingerprint density at radius 2 is 1.89 bits per heavy atom. The van der Waals surface area contributed by atoms with Crippen LogP contribution in [0.5, 0.6) is 0 Å². The van der Waals surface area contributed by atoms with Gasteiger partial charge >= 0.3 is 0 Å². The molecule has 2 heteroatoms. The lowest BCUT2D eigenvalue weighted by atomic mass is 10.1. The minimum absolute atomic E-state index is 1.06. The van der Waals surface area contributed by atoms with Crippen LogP contribution in [0.25, 0.3) is 0 Å². The van der Waals surface area contributed by atoms with Crippen LogP contribution in [-0.2, 0) is 13.0 Å². The molecule has 1 aliphatic heterocycles. The zero-order chi connectivity index (χ0) is 12.6. The Balaban J connectivity index is 1.81. The molecule has 98 valence electrons. The summed E-state index contributed by atoms with van der Waals surface area (Å²) in [5.41, 5.74) is 2.86. The highest BCUT2D eigenvalue weighted by molar-refractivity contribution is 5.23. The lowest BCUT2D eigenvalue weighted by Gasteiger charge is -2.23. The summed E-state index contributed by atoms with van der Waals surface area (Å²) in [7, 11) is 0. The van der Waals surface area contributed by atoms with E-state index in [1.54, 1.807) is 0 Å². The number of nitrogens with zero attached hydrogens (tertiary/aromatic N) is 1. The third-order valence-corrected chi connectivity index (χ3v) is 3.41. The highest BCUT2D eigenvalue weighted by atomic mass is 15.1. The lowest BCUT2D eigenvalue weighted by molar-refractivity contribution is 0.290. The molecule has 1 aliphatic rings. The molecule has 1 heterocycles. The molecular formula is C16H24N2. The molecule has 0 bridgehead atoms. The van der Waals surface area contributed by atoms with Crippen LogP contribution in [0.15, 0.2) is 36.4 Å². The third-order valence-electron chi connectivity index (χ3n) is 3.41. The van der Waals surface area contributed by atoms with Crippen LogP contribution in [0.4, 0.5) is 0 Å². The first-order chi connectivity index (χ1) is 8.88. The van der Waals surface area contributed by atoms with Crippen LogP contribution in [0.3, 0.4) is 0 Å². The molecule has 1 aromatic rings. The summed E-state index contributed by atoms with van der Waals surface area (Å²) in [5.74, 6) is 0. The second-order valence-corrected chi connectivity index (χ2v) is 4.92. The summed E-state index contributed by atoms with van der Waals surface area (Å²) in [6.45, 7) is 7.65. The first-order valence-electron chi connectivity index (χ1n) is 7.04. The molecule has 0 atom stereocenters. The van der Waals surface area contributed by atoms with Crippen molar-refractivity contribution >= 4 is 0 Å². The van der Waals surface area contributed by atoms with E-state index in [0.29, 0.717) is 0 Å². The van der Waals surface area contributed by atoms with Gasteiger partial charge in [-0.1, -0.05) is 43.3 Å². The van der Waals surface area contributed by atoms with Crippen LogP contribution < -0.4 is 5.32 Å². The molecule has 0 radical (unpaired) electrons. The van der Waals surface area contributed by atoms with E-state index in [9.17, 15) is 0 Å². The fraction of sp³-hybridized carbons (Fsp3) is 0.500. The molecule has 1 N–H and O–H groups in total. The number of likely N-dealkylation sites (N-methyl/N-ethyl adjacent to an activating group) is 1. The van der Waals surface area contributed by atoms with Gasteiger partial charge in [0.25, 0.3) is 0 Å². The van der Waals surface area contributed by atoms with Gasteiger partial charge in [-0.05, 0) is 37.1 Å².